The summed E-state index contributed by atoms with van der Waals surface area (Å²) in [6.07, 6.45) is 4.50. The van der Waals surface area contributed by atoms with Crippen LogP contribution in [0.4, 0.5) is 5.69 Å². The Kier molecular flexibility index (Phi) is 9.94. The molecule has 26 heavy (non-hydrogen) atoms. The number of halogens is 1. The first kappa shape index (κ1) is 22.7. The van der Waals surface area contributed by atoms with E-state index in [4.69, 9.17) is 0 Å². The van der Waals surface area contributed by atoms with Crippen molar-refractivity contribution in [2.45, 2.75) is 52.9 Å². The van der Waals surface area contributed by atoms with Gasteiger partial charge >= 0.3 is 5.97 Å². The van der Waals surface area contributed by atoms with Crippen molar-refractivity contribution in [2.75, 3.05) is 17.2 Å². The summed E-state index contributed by atoms with van der Waals surface area (Å²) in [6.45, 7) is 5.35. The molecule has 0 heterocycles. The van der Waals surface area contributed by atoms with E-state index in [2.05, 4.69) is 22.9 Å². The molecule has 0 spiro atoms. The maximum absolute atomic E-state index is 12.6. The number of aliphatic carboxylic acids is 1. The average Bonchev–Trinajstić information content (AvgIpc) is 2.59. The number of carbonyl (C=O) groups excluding carboxylic acids is 2. The molecular weight excluding hydrogens is 418 g/mol. The van der Waals surface area contributed by atoms with Crippen LogP contribution in [0.15, 0.2) is 16.6 Å². The van der Waals surface area contributed by atoms with Gasteiger partial charge in [-0.05, 0) is 37.5 Å². The van der Waals surface area contributed by atoms with Gasteiger partial charge in [-0.2, -0.15) is 0 Å². The predicted molar refractivity (Wildman–Crippen MR) is 110 cm³/mol. The van der Waals surface area contributed by atoms with E-state index in [1.165, 1.54) is 4.90 Å². The number of thioether (sulfide) groups is 1. The summed E-state index contributed by atoms with van der Waals surface area (Å²) >= 11 is 4.40. The number of hydrogen-bond acceptors (Lipinski definition) is 4. The van der Waals surface area contributed by atoms with Gasteiger partial charge in [-0.25, -0.2) is 0 Å². The van der Waals surface area contributed by atoms with Crippen molar-refractivity contribution in [3.63, 3.8) is 0 Å². The molecule has 1 aromatic rings. The molecule has 0 unspecified atom stereocenters. The number of unbranched alkanes of at least 4 members (excludes halogenated alkanes) is 3. The van der Waals surface area contributed by atoms with Crippen molar-refractivity contribution in [2.24, 2.45) is 0 Å². The van der Waals surface area contributed by atoms with E-state index in [0.29, 0.717) is 12.1 Å². The van der Waals surface area contributed by atoms with Crippen molar-refractivity contribution < 1.29 is 19.5 Å². The highest BCUT2D eigenvalue weighted by atomic mass is 79.9. The lowest BCUT2D eigenvalue weighted by molar-refractivity contribution is -0.136. The van der Waals surface area contributed by atoms with Crippen LogP contribution in [-0.2, 0) is 14.4 Å². The average molecular weight is 444 g/mol. The largest absolute Gasteiger partial charge is 0.480 e. The number of benzene rings is 1. The zero-order chi connectivity index (χ0) is 19.7. The fourth-order valence-electron chi connectivity index (χ4n) is 2.64. The molecule has 1 N–H and O–H groups in total. The van der Waals surface area contributed by atoms with Crippen molar-refractivity contribution in [1.29, 1.82) is 0 Å². The van der Waals surface area contributed by atoms with E-state index in [1.807, 2.05) is 26.0 Å². The number of carboxylic acids is 1. The minimum absolute atomic E-state index is 0.0209. The first-order chi connectivity index (χ1) is 12.3. The molecule has 5 nitrogen and oxygen atoms in total. The Labute approximate surface area is 167 Å². The number of carboxylic acid groups (broad SMARTS) is 1. The fraction of sp³-hybridized carbons (Fsp3) is 0.526. The lowest BCUT2D eigenvalue weighted by Crippen LogP contribution is -2.38. The molecule has 7 heteroatoms. The number of amides is 1. The number of carbonyl (C=O) groups is 3. The number of anilines is 1. The molecule has 0 aliphatic carbocycles. The molecule has 1 aromatic carbocycles. The van der Waals surface area contributed by atoms with Gasteiger partial charge < -0.3 is 5.11 Å². The standard InChI is InChI=1S/C19H26BrNO4S/c1-4-5-6-7-8-18(25)26-12-16(22)21(11-17(23)24)19-13(2)9-10-15(20)14(19)3/h9-10H,4-8,11-12H2,1-3H3,(H,23,24). The Hall–Kier alpha value is -1.34. The minimum Gasteiger partial charge on any atom is -0.480 e. The quantitative estimate of drug-likeness (QED) is 0.529. The molecule has 0 saturated heterocycles. The molecule has 0 fully saturated rings. The Bertz CT molecular complexity index is 663. The molecular formula is C19H26BrNO4S. The van der Waals surface area contributed by atoms with Crippen LogP contribution in [0.25, 0.3) is 0 Å². The molecule has 144 valence electrons. The van der Waals surface area contributed by atoms with Crippen LogP contribution in [-0.4, -0.2) is 34.4 Å². The van der Waals surface area contributed by atoms with Crippen LogP contribution in [0, 0.1) is 13.8 Å². The third-order valence-electron chi connectivity index (χ3n) is 4.02. The van der Waals surface area contributed by atoms with Gasteiger partial charge in [0.25, 0.3) is 0 Å². The summed E-state index contributed by atoms with van der Waals surface area (Å²) < 4.78 is 0.806. The summed E-state index contributed by atoms with van der Waals surface area (Å²) in [5.41, 5.74) is 2.20. The normalized spacial score (nSPS) is 10.6. The molecule has 0 aliphatic heterocycles. The topological polar surface area (TPSA) is 74.7 Å². The monoisotopic (exact) mass is 443 g/mol. The van der Waals surface area contributed by atoms with E-state index < -0.39 is 12.5 Å². The second kappa shape index (κ2) is 11.4. The summed E-state index contributed by atoms with van der Waals surface area (Å²) in [4.78, 5) is 37.1. The minimum atomic E-state index is -1.09. The molecule has 1 rings (SSSR count). The van der Waals surface area contributed by atoms with E-state index in [1.54, 1.807) is 0 Å². The zero-order valence-corrected chi connectivity index (χ0v) is 17.9. The van der Waals surface area contributed by atoms with Crippen molar-refractivity contribution in [1.82, 2.24) is 0 Å². The molecule has 1 amide bonds. The highest BCUT2D eigenvalue weighted by Gasteiger charge is 2.23. The van der Waals surface area contributed by atoms with E-state index in [9.17, 15) is 19.5 Å². The van der Waals surface area contributed by atoms with Crippen LogP contribution < -0.4 is 4.90 Å². The second-order valence-corrected chi connectivity index (χ2v) is 8.07. The van der Waals surface area contributed by atoms with Gasteiger partial charge in [0.2, 0.25) is 5.91 Å². The maximum Gasteiger partial charge on any atom is 0.323 e. The highest BCUT2D eigenvalue weighted by molar-refractivity contribution is 9.10. The zero-order valence-electron chi connectivity index (χ0n) is 15.5. The van der Waals surface area contributed by atoms with E-state index in [0.717, 1.165) is 53.0 Å². The van der Waals surface area contributed by atoms with Gasteiger partial charge in [0.05, 0.1) is 11.4 Å². The van der Waals surface area contributed by atoms with E-state index in [-0.39, 0.29) is 16.8 Å². The van der Waals surface area contributed by atoms with Crippen LogP contribution in [0.1, 0.15) is 50.2 Å². The van der Waals surface area contributed by atoms with Gasteiger partial charge in [0.15, 0.2) is 5.12 Å². The Morgan fingerprint density at radius 1 is 1.15 bits per heavy atom. The third-order valence-corrected chi connectivity index (χ3v) is 5.80. The second-order valence-electron chi connectivity index (χ2n) is 6.18. The fourth-order valence-corrected chi connectivity index (χ4v) is 3.69. The maximum atomic E-state index is 12.6. The Balaban J connectivity index is 2.81. The van der Waals surface area contributed by atoms with Crippen molar-refractivity contribution in [3.05, 3.63) is 27.7 Å². The number of hydrogen-bond donors (Lipinski definition) is 1. The van der Waals surface area contributed by atoms with Crippen LogP contribution in [0.3, 0.4) is 0 Å². The molecule has 0 saturated carbocycles. The Morgan fingerprint density at radius 2 is 1.85 bits per heavy atom. The SMILES string of the molecule is CCCCCCC(=O)SCC(=O)N(CC(=O)O)c1c(C)ccc(Br)c1C. The smallest absolute Gasteiger partial charge is 0.323 e. The molecule has 0 bridgehead atoms. The third kappa shape index (κ3) is 7.11. The number of aryl methyl sites for hydroxylation is 1. The van der Waals surface area contributed by atoms with Crippen molar-refractivity contribution in [3.8, 4) is 0 Å². The number of nitrogens with zero attached hydrogens (tertiary/aromatic N) is 1. The van der Waals surface area contributed by atoms with Gasteiger partial charge in [0, 0.05) is 10.9 Å². The molecule has 0 atom stereocenters. The first-order valence-electron chi connectivity index (χ1n) is 8.71. The van der Waals surface area contributed by atoms with Gasteiger partial charge in [-0.3, -0.25) is 19.3 Å². The Morgan fingerprint density at radius 3 is 2.46 bits per heavy atom. The number of rotatable bonds is 10. The van der Waals surface area contributed by atoms with Gasteiger partial charge in [-0.1, -0.05) is 59.9 Å². The summed E-state index contributed by atoms with van der Waals surface area (Å²) in [5.74, 6) is -1.51. The van der Waals surface area contributed by atoms with Gasteiger partial charge in [-0.15, -0.1) is 0 Å². The predicted octanol–water partition coefficient (Wildman–Crippen LogP) is 4.71. The molecule has 0 radical (unpaired) electrons. The molecule has 0 aliphatic rings. The molecule has 0 aromatic heterocycles. The first-order valence-corrected chi connectivity index (χ1v) is 10.5. The lowest BCUT2D eigenvalue weighted by Gasteiger charge is -2.25. The summed E-state index contributed by atoms with van der Waals surface area (Å²) in [6, 6.07) is 3.70. The highest BCUT2D eigenvalue weighted by Crippen LogP contribution is 2.31. The lowest BCUT2D eigenvalue weighted by atomic mass is 10.1. The summed E-state index contributed by atoms with van der Waals surface area (Å²) in [7, 11) is 0. The van der Waals surface area contributed by atoms with Crippen LogP contribution in [0.2, 0.25) is 0 Å². The van der Waals surface area contributed by atoms with E-state index >= 15 is 0 Å². The van der Waals surface area contributed by atoms with Crippen LogP contribution in [0.5, 0.6) is 0 Å². The van der Waals surface area contributed by atoms with Crippen molar-refractivity contribution >= 4 is 50.4 Å². The van der Waals surface area contributed by atoms with Crippen LogP contribution >= 0.6 is 27.7 Å². The van der Waals surface area contributed by atoms with Gasteiger partial charge in [0.1, 0.15) is 6.54 Å². The summed E-state index contributed by atoms with van der Waals surface area (Å²) in [5, 5.41) is 9.19.